The van der Waals surface area contributed by atoms with Gasteiger partial charge in [-0.3, -0.25) is 4.79 Å². The van der Waals surface area contributed by atoms with Crippen molar-refractivity contribution in [3.63, 3.8) is 0 Å². The number of anilines is 1. The second-order valence-corrected chi connectivity index (χ2v) is 8.40. The number of ether oxygens (including phenoxy) is 2. The van der Waals surface area contributed by atoms with Crippen molar-refractivity contribution in [2.75, 3.05) is 45.2 Å². The van der Waals surface area contributed by atoms with Gasteiger partial charge in [-0.25, -0.2) is 4.79 Å². The predicted octanol–water partition coefficient (Wildman–Crippen LogP) is 4.57. The van der Waals surface area contributed by atoms with Gasteiger partial charge in [0.1, 0.15) is 5.75 Å². The molecular weight excluding hydrogens is 418 g/mol. The summed E-state index contributed by atoms with van der Waals surface area (Å²) >= 11 is 0. The molecule has 0 aromatic heterocycles. The van der Waals surface area contributed by atoms with E-state index in [4.69, 9.17) is 9.47 Å². The largest absolute Gasteiger partial charge is 0.497 e. The summed E-state index contributed by atoms with van der Waals surface area (Å²) in [5.74, 6) is 0.802. The Morgan fingerprint density at radius 1 is 1.03 bits per heavy atom. The zero-order valence-corrected chi connectivity index (χ0v) is 19.5. The average molecular weight is 450 g/mol. The van der Waals surface area contributed by atoms with Crippen molar-refractivity contribution in [1.29, 1.82) is 0 Å². The number of rotatable bonds is 5. The van der Waals surface area contributed by atoms with Crippen molar-refractivity contribution in [1.82, 2.24) is 9.80 Å². The van der Waals surface area contributed by atoms with Crippen molar-refractivity contribution < 1.29 is 19.1 Å². The highest BCUT2D eigenvalue weighted by molar-refractivity contribution is 5.97. The van der Waals surface area contributed by atoms with E-state index in [-0.39, 0.29) is 18.0 Å². The lowest BCUT2D eigenvalue weighted by molar-refractivity contribution is 0.0560. The Balaban J connectivity index is 1.44. The van der Waals surface area contributed by atoms with Gasteiger partial charge in [-0.2, -0.15) is 0 Å². The Labute approximate surface area is 195 Å². The molecule has 0 bridgehead atoms. The molecule has 7 heteroatoms. The Kier molecular flexibility index (Phi) is 6.87. The summed E-state index contributed by atoms with van der Waals surface area (Å²) in [5.41, 5.74) is 4.99. The summed E-state index contributed by atoms with van der Waals surface area (Å²) in [7, 11) is 1.66. The molecule has 2 heterocycles. The number of hydrogen-bond donors (Lipinski definition) is 1. The molecule has 1 fully saturated rings. The summed E-state index contributed by atoms with van der Waals surface area (Å²) in [5, 5.41) is 3.56. The molecule has 2 aliphatic rings. The first kappa shape index (κ1) is 22.7. The molecule has 2 aromatic carbocycles. The molecule has 0 spiro atoms. The van der Waals surface area contributed by atoms with Crippen LogP contribution in [0.2, 0.25) is 0 Å². The van der Waals surface area contributed by atoms with Crippen LogP contribution in [-0.4, -0.2) is 61.7 Å². The van der Waals surface area contributed by atoms with Gasteiger partial charge in [-0.15, -0.1) is 0 Å². The van der Waals surface area contributed by atoms with Gasteiger partial charge in [-0.1, -0.05) is 31.2 Å². The summed E-state index contributed by atoms with van der Waals surface area (Å²) in [6.07, 6.45) is 2.70. The van der Waals surface area contributed by atoms with Crippen LogP contribution in [0.3, 0.4) is 0 Å². The Bertz CT molecular complexity index is 1040. The molecule has 174 valence electrons. The molecule has 1 unspecified atom stereocenters. The van der Waals surface area contributed by atoms with Crippen LogP contribution in [-0.2, 0) is 4.74 Å². The van der Waals surface area contributed by atoms with Crippen LogP contribution >= 0.6 is 0 Å². The van der Waals surface area contributed by atoms with Crippen molar-refractivity contribution >= 4 is 23.3 Å². The third-order valence-electron chi connectivity index (χ3n) is 6.15. The lowest BCUT2D eigenvalue weighted by Gasteiger charge is -2.34. The summed E-state index contributed by atoms with van der Waals surface area (Å²) < 4.78 is 10.5. The summed E-state index contributed by atoms with van der Waals surface area (Å²) in [6, 6.07) is 13.8. The molecule has 0 aliphatic carbocycles. The number of hydrogen-bond acceptors (Lipinski definition) is 5. The number of carbonyl (C=O) groups is 2. The van der Waals surface area contributed by atoms with Gasteiger partial charge in [0.05, 0.1) is 19.8 Å². The second kappa shape index (κ2) is 9.98. The highest BCUT2D eigenvalue weighted by Crippen LogP contribution is 2.36. The van der Waals surface area contributed by atoms with Gasteiger partial charge < -0.3 is 24.6 Å². The maximum Gasteiger partial charge on any atom is 0.409 e. The van der Waals surface area contributed by atoms with Gasteiger partial charge in [0.25, 0.3) is 5.91 Å². The first-order valence-corrected chi connectivity index (χ1v) is 11.4. The number of benzene rings is 2. The van der Waals surface area contributed by atoms with E-state index in [0.29, 0.717) is 38.3 Å². The number of amides is 2. The van der Waals surface area contributed by atoms with Crippen LogP contribution in [0.1, 0.15) is 47.8 Å². The number of carbonyl (C=O) groups excluding carboxylic acids is 2. The van der Waals surface area contributed by atoms with E-state index >= 15 is 0 Å². The molecule has 4 rings (SSSR count). The van der Waals surface area contributed by atoms with Gasteiger partial charge in [-0.05, 0) is 48.7 Å². The van der Waals surface area contributed by atoms with E-state index in [2.05, 4.69) is 18.3 Å². The van der Waals surface area contributed by atoms with Crippen molar-refractivity contribution in [2.24, 2.45) is 0 Å². The fourth-order valence-electron chi connectivity index (χ4n) is 4.24. The minimum absolute atomic E-state index is 0.0191. The first-order valence-electron chi connectivity index (χ1n) is 11.4. The summed E-state index contributed by atoms with van der Waals surface area (Å²) in [4.78, 5) is 28.7. The van der Waals surface area contributed by atoms with Crippen LogP contribution < -0.4 is 10.1 Å². The smallest absolute Gasteiger partial charge is 0.409 e. The van der Waals surface area contributed by atoms with E-state index in [1.165, 1.54) is 5.57 Å². The van der Waals surface area contributed by atoms with E-state index in [0.717, 1.165) is 29.0 Å². The van der Waals surface area contributed by atoms with Crippen LogP contribution in [0.5, 0.6) is 5.75 Å². The Hall–Kier alpha value is -3.48. The van der Waals surface area contributed by atoms with E-state index in [1.807, 2.05) is 49.4 Å². The minimum atomic E-state index is -0.297. The fraction of sp³-hybridized carbons (Fsp3) is 0.385. The molecule has 1 atom stereocenters. The second-order valence-electron chi connectivity index (χ2n) is 8.40. The minimum Gasteiger partial charge on any atom is -0.497 e. The zero-order chi connectivity index (χ0) is 23.4. The van der Waals surface area contributed by atoms with Gasteiger partial charge in [0.2, 0.25) is 0 Å². The molecule has 7 nitrogen and oxygen atoms in total. The van der Waals surface area contributed by atoms with Crippen LogP contribution in [0, 0.1) is 0 Å². The van der Waals surface area contributed by atoms with Gasteiger partial charge in [0.15, 0.2) is 0 Å². The maximum absolute atomic E-state index is 13.2. The average Bonchev–Trinajstić information content (AvgIpc) is 2.86. The molecule has 0 saturated carbocycles. The van der Waals surface area contributed by atoms with E-state index in [1.54, 1.807) is 16.9 Å². The summed E-state index contributed by atoms with van der Waals surface area (Å²) in [6.45, 7) is 6.45. The molecule has 2 amide bonds. The lowest BCUT2D eigenvalue weighted by Crippen LogP contribution is -2.50. The number of methoxy groups -OCH3 is 1. The number of nitrogens with one attached hydrogen (secondary N) is 1. The monoisotopic (exact) mass is 449 g/mol. The van der Waals surface area contributed by atoms with Gasteiger partial charge in [0, 0.05) is 43.0 Å². The van der Waals surface area contributed by atoms with Crippen molar-refractivity contribution in [3.05, 3.63) is 65.2 Å². The SMILES string of the molecule is CCCOC(=O)N1CCN(C(=O)c2ccc3c(c2)NC(c2ccc(OC)cc2)C=C3C)CC1. The molecular formula is C26H31N3O4. The Morgan fingerprint density at radius 2 is 1.73 bits per heavy atom. The topological polar surface area (TPSA) is 71.1 Å². The third-order valence-corrected chi connectivity index (χ3v) is 6.15. The maximum atomic E-state index is 13.2. The highest BCUT2D eigenvalue weighted by atomic mass is 16.6. The van der Waals surface area contributed by atoms with Gasteiger partial charge >= 0.3 is 6.09 Å². The predicted molar refractivity (Wildman–Crippen MR) is 129 cm³/mol. The zero-order valence-electron chi connectivity index (χ0n) is 19.5. The van der Waals surface area contributed by atoms with E-state index in [9.17, 15) is 9.59 Å². The third kappa shape index (κ3) is 4.97. The molecule has 1 saturated heterocycles. The molecule has 33 heavy (non-hydrogen) atoms. The quantitative estimate of drug-likeness (QED) is 0.724. The molecule has 0 radical (unpaired) electrons. The van der Waals surface area contributed by atoms with Crippen LogP contribution in [0.4, 0.5) is 10.5 Å². The molecule has 1 N–H and O–H groups in total. The Morgan fingerprint density at radius 3 is 2.39 bits per heavy atom. The van der Waals surface area contributed by atoms with E-state index < -0.39 is 0 Å². The highest BCUT2D eigenvalue weighted by Gasteiger charge is 2.27. The van der Waals surface area contributed by atoms with Crippen molar-refractivity contribution in [3.8, 4) is 5.75 Å². The number of nitrogens with zero attached hydrogens (tertiary/aromatic N) is 2. The fourth-order valence-corrected chi connectivity index (χ4v) is 4.24. The lowest BCUT2D eigenvalue weighted by atomic mass is 9.93. The number of allylic oxidation sites excluding steroid dienone is 1. The molecule has 2 aliphatic heterocycles. The van der Waals surface area contributed by atoms with Crippen LogP contribution in [0.15, 0.2) is 48.5 Å². The van der Waals surface area contributed by atoms with Crippen molar-refractivity contribution in [2.45, 2.75) is 26.3 Å². The number of fused-ring (bicyclic) bond motifs is 1. The standard InChI is InChI=1S/C26H31N3O4/c1-4-15-33-26(31)29-13-11-28(12-14-29)25(30)20-7-10-22-18(2)16-23(27-24(22)17-20)19-5-8-21(32-3)9-6-19/h5-10,16-17,23,27H,4,11-15H2,1-3H3. The van der Waals surface area contributed by atoms with Crippen LogP contribution in [0.25, 0.3) is 5.57 Å². The first-order chi connectivity index (χ1) is 16.0. The molecule has 2 aromatic rings. The normalized spacial score (nSPS) is 17.5. The number of piperazine rings is 1.